The first kappa shape index (κ1) is 19.9. The second kappa shape index (κ2) is 8.96. The van der Waals surface area contributed by atoms with E-state index in [4.69, 9.17) is 0 Å². The maximum absolute atomic E-state index is 14.7. The second-order valence-corrected chi connectivity index (χ2v) is 8.27. The smallest absolute Gasteiger partial charge is 0.150 e. The molecule has 3 aromatic rings. The molecule has 1 aliphatic rings. The Morgan fingerprint density at radius 3 is 2.45 bits per heavy atom. The molecule has 0 bridgehead atoms. The number of halogens is 3. The number of nitrogens with zero attached hydrogens (tertiary/aromatic N) is 2. The minimum atomic E-state index is -0.721. The molecule has 152 valence electrons. The maximum Gasteiger partial charge on any atom is 0.150 e. The summed E-state index contributed by atoms with van der Waals surface area (Å²) in [5.74, 6) is -1.19. The highest BCUT2D eigenvalue weighted by molar-refractivity contribution is 8.00. The first-order valence-corrected chi connectivity index (χ1v) is 11.0. The quantitative estimate of drug-likeness (QED) is 0.437. The summed E-state index contributed by atoms with van der Waals surface area (Å²) in [7, 11) is 0. The third-order valence-electron chi connectivity index (χ3n) is 4.64. The third kappa shape index (κ3) is 4.79. The highest BCUT2D eigenvalue weighted by atomic mass is 32.2. The SMILES string of the molecule is Fc1ccc(Nc2c(F)cc(SNc3cscn3)cc2F)c(N2CCCCC2)c1. The number of piperidine rings is 1. The Kier molecular flexibility index (Phi) is 6.15. The van der Waals surface area contributed by atoms with Crippen LogP contribution in [0.2, 0.25) is 0 Å². The lowest BCUT2D eigenvalue weighted by Crippen LogP contribution is -2.30. The summed E-state index contributed by atoms with van der Waals surface area (Å²) in [6.45, 7) is 1.59. The van der Waals surface area contributed by atoms with Crippen molar-refractivity contribution in [1.82, 2.24) is 4.98 Å². The molecule has 0 amide bonds. The van der Waals surface area contributed by atoms with E-state index in [0.717, 1.165) is 44.3 Å². The minimum absolute atomic E-state index is 0.257. The normalized spacial score (nSPS) is 14.1. The van der Waals surface area contributed by atoms with Crippen LogP contribution in [0.15, 0.2) is 46.1 Å². The zero-order valence-corrected chi connectivity index (χ0v) is 17.1. The van der Waals surface area contributed by atoms with E-state index in [2.05, 4.69) is 15.0 Å². The van der Waals surface area contributed by atoms with Crippen LogP contribution in [-0.4, -0.2) is 18.1 Å². The van der Waals surface area contributed by atoms with Gasteiger partial charge in [0.2, 0.25) is 0 Å². The second-order valence-electron chi connectivity index (χ2n) is 6.67. The molecule has 0 unspecified atom stereocenters. The van der Waals surface area contributed by atoms with E-state index in [1.165, 1.54) is 41.7 Å². The number of rotatable bonds is 6. The number of hydrogen-bond donors (Lipinski definition) is 2. The van der Waals surface area contributed by atoms with Crippen molar-refractivity contribution in [2.24, 2.45) is 0 Å². The molecule has 9 heteroatoms. The number of nitrogens with one attached hydrogen (secondary N) is 2. The minimum Gasteiger partial charge on any atom is -0.370 e. The van der Waals surface area contributed by atoms with Gasteiger partial charge in [0, 0.05) is 23.4 Å². The average Bonchev–Trinajstić information content (AvgIpc) is 3.24. The standard InChI is InChI=1S/C20H19F3N4S2/c21-13-4-5-17(18(8-13)27-6-2-1-3-7-27)25-20-15(22)9-14(10-16(20)23)29-26-19-11-28-12-24-19/h4-5,8-12,25-26H,1-3,6-7H2. The summed E-state index contributed by atoms with van der Waals surface area (Å²) in [5, 5.41) is 4.63. The Bertz CT molecular complexity index is 953. The third-order valence-corrected chi connectivity index (χ3v) is 6.01. The molecule has 0 atom stereocenters. The highest BCUT2D eigenvalue weighted by Gasteiger charge is 2.18. The summed E-state index contributed by atoms with van der Waals surface area (Å²) in [4.78, 5) is 6.49. The topological polar surface area (TPSA) is 40.2 Å². The lowest BCUT2D eigenvalue weighted by molar-refractivity contribution is 0.574. The Hall–Kier alpha value is -2.39. The maximum atomic E-state index is 14.7. The lowest BCUT2D eigenvalue weighted by Gasteiger charge is -2.30. The van der Waals surface area contributed by atoms with Crippen molar-refractivity contribution in [3.05, 3.63) is 58.7 Å². The Morgan fingerprint density at radius 2 is 1.76 bits per heavy atom. The van der Waals surface area contributed by atoms with Gasteiger partial charge in [-0.2, -0.15) is 0 Å². The van der Waals surface area contributed by atoms with Gasteiger partial charge in [-0.15, -0.1) is 11.3 Å². The first-order chi connectivity index (χ1) is 14.1. The number of benzene rings is 2. The number of aromatic nitrogens is 1. The van der Waals surface area contributed by atoms with Crippen molar-refractivity contribution < 1.29 is 13.2 Å². The van der Waals surface area contributed by atoms with E-state index in [9.17, 15) is 13.2 Å². The van der Waals surface area contributed by atoms with Crippen LogP contribution in [0.5, 0.6) is 0 Å². The van der Waals surface area contributed by atoms with Crippen LogP contribution in [0.25, 0.3) is 0 Å². The monoisotopic (exact) mass is 436 g/mol. The van der Waals surface area contributed by atoms with Gasteiger partial charge in [-0.05, 0) is 61.5 Å². The van der Waals surface area contributed by atoms with Crippen LogP contribution in [0.4, 0.5) is 36.1 Å². The number of thiazole rings is 1. The fraction of sp³-hybridized carbons (Fsp3) is 0.250. The summed E-state index contributed by atoms with van der Waals surface area (Å²) in [6.07, 6.45) is 3.15. The molecular weight excluding hydrogens is 417 g/mol. The Labute approximate surface area is 175 Å². The summed E-state index contributed by atoms with van der Waals surface area (Å²) in [6, 6.07) is 6.71. The highest BCUT2D eigenvalue weighted by Crippen LogP contribution is 2.35. The molecule has 1 fully saturated rings. The van der Waals surface area contributed by atoms with Crippen LogP contribution in [0.3, 0.4) is 0 Å². The van der Waals surface area contributed by atoms with Gasteiger partial charge in [0.15, 0.2) is 11.6 Å². The molecule has 0 saturated carbocycles. The number of anilines is 4. The molecule has 1 aromatic heterocycles. The predicted molar refractivity (Wildman–Crippen MR) is 114 cm³/mol. The largest absolute Gasteiger partial charge is 0.370 e. The molecular formula is C20H19F3N4S2. The fourth-order valence-electron chi connectivity index (χ4n) is 3.24. The van der Waals surface area contributed by atoms with Gasteiger partial charge in [-0.25, -0.2) is 18.2 Å². The van der Waals surface area contributed by atoms with Gasteiger partial charge >= 0.3 is 0 Å². The predicted octanol–water partition coefficient (Wildman–Crippen LogP) is 6.41. The van der Waals surface area contributed by atoms with E-state index in [-0.39, 0.29) is 11.5 Å². The lowest BCUT2D eigenvalue weighted by atomic mass is 10.1. The van der Waals surface area contributed by atoms with E-state index in [1.54, 1.807) is 10.9 Å². The molecule has 2 aromatic carbocycles. The van der Waals surface area contributed by atoms with Gasteiger partial charge in [-0.3, -0.25) is 0 Å². The van der Waals surface area contributed by atoms with Crippen LogP contribution < -0.4 is 14.9 Å². The van der Waals surface area contributed by atoms with Crippen molar-refractivity contribution in [1.29, 1.82) is 0 Å². The average molecular weight is 437 g/mol. The first-order valence-electron chi connectivity index (χ1n) is 9.22. The van der Waals surface area contributed by atoms with Gasteiger partial charge in [0.1, 0.15) is 17.3 Å². The van der Waals surface area contributed by atoms with Gasteiger partial charge < -0.3 is 14.9 Å². The van der Waals surface area contributed by atoms with Crippen LogP contribution in [0.1, 0.15) is 19.3 Å². The van der Waals surface area contributed by atoms with Crippen LogP contribution in [-0.2, 0) is 0 Å². The van der Waals surface area contributed by atoms with Crippen LogP contribution in [0, 0.1) is 17.5 Å². The molecule has 4 rings (SSSR count). The molecule has 1 aliphatic heterocycles. The number of hydrogen-bond acceptors (Lipinski definition) is 6. The van der Waals surface area contributed by atoms with Crippen molar-refractivity contribution in [3.63, 3.8) is 0 Å². The zero-order chi connectivity index (χ0) is 20.2. The van der Waals surface area contributed by atoms with E-state index < -0.39 is 11.6 Å². The summed E-state index contributed by atoms with van der Waals surface area (Å²) >= 11 is 2.50. The molecule has 0 radical (unpaired) electrons. The van der Waals surface area contributed by atoms with Crippen molar-refractivity contribution >= 4 is 46.2 Å². The van der Waals surface area contributed by atoms with Gasteiger partial charge in [-0.1, -0.05) is 0 Å². The summed E-state index contributed by atoms with van der Waals surface area (Å²) in [5.41, 5.74) is 2.51. The molecule has 1 saturated heterocycles. The molecule has 2 heterocycles. The fourth-order valence-corrected chi connectivity index (χ4v) is 4.46. The molecule has 29 heavy (non-hydrogen) atoms. The van der Waals surface area contributed by atoms with Gasteiger partial charge in [0.05, 0.1) is 16.9 Å². The Morgan fingerprint density at radius 1 is 1.00 bits per heavy atom. The van der Waals surface area contributed by atoms with E-state index >= 15 is 0 Å². The molecule has 4 nitrogen and oxygen atoms in total. The zero-order valence-electron chi connectivity index (χ0n) is 15.4. The molecule has 2 N–H and O–H groups in total. The van der Waals surface area contributed by atoms with Crippen molar-refractivity contribution in [3.8, 4) is 0 Å². The van der Waals surface area contributed by atoms with Crippen LogP contribution >= 0.6 is 23.3 Å². The Balaban J connectivity index is 1.56. The summed E-state index contributed by atoms with van der Waals surface area (Å²) < 4.78 is 46.1. The molecule has 0 spiro atoms. The van der Waals surface area contributed by atoms with Crippen molar-refractivity contribution in [2.75, 3.05) is 28.0 Å². The van der Waals surface area contributed by atoms with Gasteiger partial charge in [0.25, 0.3) is 0 Å². The van der Waals surface area contributed by atoms with Crippen molar-refractivity contribution in [2.45, 2.75) is 24.2 Å². The van der Waals surface area contributed by atoms with E-state index in [1.807, 2.05) is 4.90 Å². The molecule has 0 aliphatic carbocycles. The van der Waals surface area contributed by atoms with E-state index in [0.29, 0.717) is 22.1 Å².